The number of nitrogens with zero attached hydrogens (tertiary/aromatic N) is 2. The number of nitrogens with one attached hydrogen (secondary N) is 1. The minimum absolute atomic E-state index is 0. The molecule has 1 N–H and O–H groups in total. The summed E-state index contributed by atoms with van der Waals surface area (Å²) in [7, 11) is 2.08. The van der Waals surface area contributed by atoms with Gasteiger partial charge >= 0.3 is 0 Å². The van der Waals surface area contributed by atoms with E-state index < -0.39 is 0 Å². The van der Waals surface area contributed by atoms with Gasteiger partial charge in [0.15, 0.2) is 0 Å². The van der Waals surface area contributed by atoms with Gasteiger partial charge in [-0.2, -0.15) is 0 Å². The predicted octanol–water partition coefficient (Wildman–Crippen LogP) is 1.69. The van der Waals surface area contributed by atoms with Crippen molar-refractivity contribution < 1.29 is 9.53 Å². The highest BCUT2D eigenvalue weighted by Crippen LogP contribution is 2.24. The number of amides is 1. The van der Waals surface area contributed by atoms with E-state index in [1.54, 1.807) is 0 Å². The molecule has 0 radical (unpaired) electrons. The molecule has 1 aromatic rings. The van der Waals surface area contributed by atoms with Crippen LogP contribution >= 0.6 is 24.8 Å². The first-order chi connectivity index (χ1) is 10.2. The van der Waals surface area contributed by atoms with Crippen molar-refractivity contribution in [2.24, 2.45) is 0 Å². The summed E-state index contributed by atoms with van der Waals surface area (Å²) >= 11 is 0. The molecule has 130 valence electrons. The highest BCUT2D eigenvalue weighted by Gasteiger charge is 2.33. The molecule has 1 aromatic carbocycles. The lowest BCUT2D eigenvalue weighted by atomic mass is 10.1. The summed E-state index contributed by atoms with van der Waals surface area (Å²) in [4.78, 5) is 17.0. The molecular weight excluding hydrogens is 337 g/mol. The summed E-state index contributed by atoms with van der Waals surface area (Å²) in [5.41, 5.74) is 2.42. The molecule has 0 aliphatic carbocycles. The number of carbonyl (C=O) groups excluding carboxylic acids is 1. The van der Waals surface area contributed by atoms with Crippen LogP contribution in [0.3, 0.4) is 0 Å². The van der Waals surface area contributed by atoms with Crippen LogP contribution in [0.1, 0.15) is 12.5 Å². The second-order valence-corrected chi connectivity index (χ2v) is 5.82. The third-order valence-corrected chi connectivity index (χ3v) is 4.36. The molecule has 0 unspecified atom stereocenters. The van der Waals surface area contributed by atoms with Crippen LogP contribution in [0.5, 0.6) is 0 Å². The number of hydrogen-bond acceptors (Lipinski definition) is 4. The van der Waals surface area contributed by atoms with E-state index in [1.807, 2.05) is 24.0 Å². The highest BCUT2D eigenvalue weighted by molar-refractivity contribution is 5.85. The van der Waals surface area contributed by atoms with Crippen LogP contribution in [0.15, 0.2) is 24.3 Å². The van der Waals surface area contributed by atoms with E-state index in [0.717, 1.165) is 19.6 Å². The van der Waals surface area contributed by atoms with Crippen molar-refractivity contribution in [2.75, 3.05) is 38.2 Å². The Labute approximate surface area is 150 Å². The van der Waals surface area contributed by atoms with E-state index in [0.29, 0.717) is 13.2 Å². The number of hydrogen-bond donors (Lipinski definition) is 1. The molecule has 5 nitrogen and oxygen atoms in total. The van der Waals surface area contributed by atoms with Crippen LogP contribution < -0.4 is 10.2 Å². The molecule has 0 spiro atoms. The Kier molecular flexibility index (Phi) is 7.61. The van der Waals surface area contributed by atoms with Gasteiger partial charge in [-0.1, -0.05) is 18.2 Å². The Morgan fingerprint density at radius 2 is 2.00 bits per heavy atom. The lowest BCUT2D eigenvalue weighted by Gasteiger charge is -2.33. The lowest BCUT2D eigenvalue weighted by Crippen LogP contribution is -2.56. The summed E-state index contributed by atoms with van der Waals surface area (Å²) in [6.45, 7) is 5.65. The fraction of sp³-hybridized carbons (Fsp3) is 0.562. The summed E-state index contributed by atoms with van der Waals surface area (Å²) in [6, 6.07) is 8.07. The number of fused-ring (bicyclic) bond motifs is 1. The molecule has 23 heavy (non-hydrogen) atoms. The van der Waals surface area contributed by atoms with Gasteiger partial charge in [-0.25, -0.2) is 0 Å². The van der Waals surface area contributed by atoms with Crippen molar-refractivity contribution in [1.29, 1.82) is 0 Å². The number of benzene rings is 1. The van der Waals surface area contributed by atoms with Crippen molar-refractivity contribution in [1.82, 2.24) is 10.2 Å². The second-order valence-electron chi connectivity index (χ2n) is 5.82. The summed E-state index contributed by atoms with van der Waals surface area (Å²) in [5.74, 6) is 0.146. The minimum Gasteiger partial charge on any atom is -0.375 e. The van der Waals surface area contributed by atoms with E-state index in [1.165, 1.54) is 11.3 Å². The van der Waals surface area contributed by atoms with Crippen molar-refractivity contribution >= 4 is 36.4 Å². The van der Waals surface area contributed by atoms with Crippen molar-refractivity contribution in [3.05, 3.63) is 29.8 Å². The highest BCUT2D eigenvalue weighted by atomic mass is 35.5. The molecule has 2 aliphatic rings. The maximum Gasteiger partial charge on any atom is 0.242 e. The lowest BCUT2D eigenvalue weighted by molar-refractivity contribution is -0.139. The molecule has 7 heteroatoms. The summed E-state index contributed by atoms with van der Waals surface area (Å²) in [5, 5.41) is 3.29. The van der Waals surface area contributed by atoms with Crippen molar-refractivity contribution in [2.45, 2.75) is 25.6 Å². The molecule has 1 amide bonds. The Morgan fingerprint density at radius 3 is 2.74 bits per heavy atom. The maximum atomic E-state index is 12.8. The van der Waals surface area contributed by atoms with Gasteiger partial charge in [0.2, 0.25) is 5.91 Å². The van der Waals surface area contributed by atoms with Gasteiger partial charge < -0.3 is 19.9 Å². The number of likely N-dealkylation sites (N-methyl/N-ethyl adjacent to an activating group) is 1. The average molecular weight is 362 g/mol. The van der Waals surface area contributed by atoms with Gasteiger partial charge in [-0.3, -0.25) is 4.79 Å². The SMILES string of the molecule is C[C@H]1OCCN[C@@H]1C(=O)N1CCN(C)c2ccccc2C1.Cl.Cl. The Bertz CT molecular complexity index is 530. The number of ether oxygens (including phenoxy) is 1. The largest absolute Gasteiger partial charge is 0.375 e. The Morgan fingerprint density at radius 1 is 1.26 bits per heavy atom. The van der Waals surface area contributed by atoms with E-state index in [-0.39, 0.29) is 42.9 Å². The molecule has 2 atom stereocenters. The van der Waals surface area contributed by atoms with Gasteiger partial charge in [-0.15, -0.1) is 24.8 Å². The molecule has 0 saturated carbocycles. The smallest absolute Gasteiger partial charge is 0.242 e. The molecule has 1 fully saturated rings. The number of morpholine rings is 1. The topological polar surface area (TPSA) is 44.8 Å². The van der Waals surface area contributed by atoms with Crippen LogP contribution in [0.2, 0.25) is 0 Å². The Hall–Kier alpha value is -1.01. The average Bonchev–Trinajstić information content (AvgIpc) is 2.67. The molecule has 2 heterocycles. The van der Waals surface area contributed by atoms with Crippen LogP contribution in [0.4, 0.5) is 5.69 Å². The van der Waals surface area contributed by atoms with Gasteiger partial charge in [-0.05, 0) is 18.6 Å². The number of halogens is 2. The van der Waals surface area contributed by atoms with E-state index >= 15 is 0 Å². The summed E-state index contributed by atoms with van der Waals surface area (Å²) < 4.78 is 5.60. The maximum absolute atomic E-state index is 12.8. The van der Waals surface area contributed by atoms with Gasteiger partial charge in [0.25, 0.3) is 0 Å². The predicted molar refractivity (Wildman–Crippen MR) is 96.8 cm³/mol. The van der Waals surface area contributed by atoms with Crippen molar-refractivity contribution in [3.8, 4) is 0 Å². The monoisotopic (exact) mass is 361 g/mol. The van der Waals surface area contributed by atoms with E-state index in [2.05, 4.69) is 29.4 Å². The first kappa shape index (κ1) is 20.0. The van der Waals surface area contributed by atoms with Gasteiger partial charge in [0.1, 0.15) is 6.04 Å². The first-order valence-corrected chi connectivity index (χ1v) is 7.59. The van der Waals surface area contributed by atoms with Crippen LogP contribution in [0, 0.1) is 0 Å². The first-order valence-electron chi connectivity index (χ1n) is 7.59. The van der Waals surface area contributed by atoms with Crippen LogP contribution in [-0.2, 0) is 16.1 Å². The number of rotatable bonds is 1. The fourth-order valence-corrected chi connectivity index (χ4v) is 3.09. The van der Waals surface area contributed by atoms with Crippen LogP contribution in [-0.4, -0.2) is 56.2 Å². The number of carbonyl (C=O) groups is 1. The van der Waals surface area contributed by atoms with E-state index in [9.17, 15) is 4.79 Å². The number of anilines is 1. The van der Waals surface area contributed by atoms with Crippen molar-refractivity contribution in [3.63, 3.8) is 0 Å². The normalized spacial score (nSPS) is 23.9. The second kappa shape index (κ2) is 8.73. The van der Waals surface area contributed by atoms with Gasteiger partial charge in [0.05, 0.1) is 12.7 Å². The van der Waals surface area contributed by atoms with Crippen LogP contribution in [0.25, 0.3) is 0 Å². The third kappa shape index (κ3) is 4.29. The minimum atomic E-state index is -0.227. The van der Waals surface area contributed by atoms with E-state index in [4.69, 9.17) is 4.74 Å². The Balaban J connectivity index is 0.00000132. The molecule has 2 aliphatic heterocycles. The zero-order chi connectivity index (χ0) is 14.8. The molecule has 3 rings (SSSR count). The number of para-hydroxylation sites is 1. The third-order valence-electron chi connectivity index (χ3n) is 4.36. The fourth-order valence-electron chi connectivity index (χ4n) is 3.09. The standard InChI is InChI=1S/C16H23N3O2.2ClH/c1-12-15(17-7-10-21-12)16(20)19-9-8-18(2)14-6-4-3-5-13(14)11-19;;/h3-6,12,15,17H,7-11H2,1-2H3;2*1H/t12-,15+;;/m1../s1. The molecule has 0 aromatic heterocycles. The summed E-state index contributed by atoms with van der Waals surface area (Å²) in [6.07, 6.45) is -0.0672. The van der Waals surface area contributed by atoms with Gasteiger partial charge in [0, 0.05) is 38.9 Å². The quantitative estimate of drug-likeness (QED) is 0.826. The zero-order valence-electron chi connectivity index (χ0n) is 13.5. The molecule has 1 saturated heterocycles. The molecular formula is C16H25Cl2N3O2. The molecule has 0 bridgehead atoms. The zero-order valence-corrected chi connectivity index (χ0v) is 15.2.